The van der Waals surface area contributed by atoms with Crippen molar-refractivity contribution in [2.24, 2.45) is 0 Å². The number of nitrogens with one attached hydrogen (secondary N) is 1. The first-order valence-corrected chi connectivity index (χ1v) is 6.89. The van der Waals surface area contributed by atoms with Crippen molar-refractivity contribution in [2.75, 3.05) is 5.73 Å². The Hall–Kier alpha value is -2.17. The quantitative estimate of drug-likeness (QED) is 0.850. The van der Waals surface area contributed by atoms with Gasteiger partial charge < -0.3 is 20.0 Å². The zero-order valence-corrected chi connectivity index (χ0v) is 11.9. The molecule has 0 saturated carbocycles. The summed E-state index contributed by atoms with van der Waals surface area (Å²) in [5, 5.41) is 2.99. The topological polar surface area (TPSA) is 73.2 Å². The summed E-state index contributed by atoms with van der Waals surface area (Å²) in [5.74, 6) is 0.850. The Morgan fingerprint density at radius 2 is 2.35 bits per heavy atom. The van der Waals surface area contributed by atoms with Crippen molar-refractivity contribution >= 4 is 11.6 Å². The number of carbonyl (C=O) groups is 1. The zero-order valence-electron chi connectivity index (χ0n) is 11.9. The Morgan fingerprint density at radius 3 is 3.00 bits per heavy atom. The van der Waals surface area contributed by atoms with Crippen LogP contribution in [0.25, 0.3) is 0 Å². The molecule has 20 heavy (non-hydrogen) atoms. The first-order valence-electron chi connectivity index (χ1n) is 6.89. The Labute approximate surface area is 118 Å². The van der Waals surface area contributed by atoms with E-state index in [-0.39, 0.29) is 11.9 Å². The molecular weight excluding hydrogens is 254 g/mol. The van der Waals surface area contributed by atoms with Crippen molar-refractivity contribution in [3.8, 4) is 0 Å². The van der Waals surface area contributed by atoms with E-state index in [4.69, 9.17) is 10.2 Å². The molecule has 0 spiro atoms. The molecule has 2 aromatic rings. The van der Waals surface area contributed by atoms with E-state index in [9.17, 15) is 4.79 Å². The minimum atomic E-state index is -0.0875. The van der Waals surface area contributed by atoms with Crippen LogP contribution in [0.15, 0.2) is 35.1 Å². The molecule has 0 aliphatic carbocycles. The number of furan rings is 1. The molecule has 0 radical (unpaired) electrons. The lowest BCUT2D eigenvalue weighted by Gasteiger charge is -2.14. The minimum Gasteiger partial charge on any atom is -0.469 e. The summed E-state index contributed by atoms with van der Waals surface area (Å²) in [6.07, 6.45) is 5.09. The summed E-state index contributed by atoms with van der Waals surface area (Å²) in [4.78, 5) is 12.2. The van der Waals surface area contributed by atoms with Crippen LogP contribution >= 0.6 is 0 Å². The normalized spacial score (nSPS) is 12.3. The van der Waals surface area contributed by atoms with Gasteiger partial charge in [0.2, 0.25) is 0 Å². The second kappa shape index (κ2) is 6.32. The lowest BCUT2D eigenvalue weighted by Crippen LogP contribution is -2.34. The van der Waals surface area contributed by atoms with Crippen LogP contribution in [0.5, 0.6) is 0 Å². The van der Waals surface area contributed by atoms with Crippen molar-refractivity contribution in [2.45, 2.75) is 39.3 Å². The number of hydrogen-bond donors (Lipinski definition) is 2. The SMILES string of the molecule is CCn1cc(N)cc1C(=O)NC(C)CCc1ccco1. The Morgan fingerprint density at radius 1 is 1.55 bits per heavy atom. The van der Waals surface area contributed by atoms with E-state index in [0.29, 0.717) is 11.4 Å². The van der Waals surface area contributed by atoms with E-state index >= 15 is 0 Å². The number of rotatable bonds is 6. The lowest BCUT2D eigenvalue weighted by molar-refractivity contribution is 0.0929. The highest BCUT2D eigenvalue weighted by Gasteiger charge is 2.14. The van der Waals surface area contributed by atoms with Gasteiger partial charge in [0.25, 0.3) is 5.91 Å². The molecule has 1 unspecified atom stereocenters. The van der Waals surface area contributed by atoms with Gasteiger partial charge in [-0.1, -0.05) is 0 Å². The summed E-state index contributed by atoms with van der Waals surface area (Å²) < 4.78 is 7.13. The fraction of sp³-hybridized carbons (Fsp3) is 0.400. The molecule has 2 aromatic heterocycles. The van der Waals surface area contributed by atoms with Crippen LogP contribution < -0.4 is 11.1 Å². The molecule has 1 amide bonds. The van der Waals surface area contributed by atoms with Crippen LogP contribution in [0.2, 0.25) is 0 Å². The van der Waals surface area contributed by atoms with Gasteiger partial charge in [-0.15, -0.1) is 0 Å². The number of carbonyl (C=O) groups excluding carboxylic acids is 1. The van der Waals surface area contributed by atoms with Crippen molar-refractivity contribution in [3.63, 3.8) is 0 Å². The first-order chi connectivity index (χ1) is 9.60. The molecule has 0 fully saturated rings. The Bertz CT molecular complexity index is 558. The fourth-order valence-corrected chi connectivity index (χ4v) is 2.17. The van der Waals surface area contributed by atoms with Gasteiger partial charge in [0.05, 0.1) is 12.0 Å². The first kappa shape index (κ1) is 14.2. The molecular formula is C15H21N3O2. The summed E-state index contributed by atoms with van der Waals surface area (Å²) in [5.41, 5.74) is 6.95. The van der Waals surface area contributed by atoms with Gasteiger partial charge in [0.1, 0.15) is 11.5 Å². The van der Waals surface area contributed by atoms with Gasteiger partial charge in [-0.3, -0.25) is 4.79 Å². The second-order valence-corrected chi connectivity index (χ2v) is 4.94. The molecule has 1 atom stereocenters. The Balaban J connectivity index is 1.90. The predicted molar refractivity (Wildman–Crippen MR) is 78.5 cm³/mol. The molecule has 0 aliphatic rings. The van der Waals surface area contributed by atoms with Gasteiger partial charge in [-0.25, -0.2) is 0 Å². The highest BCUT2D eigenvalue weighted by molar-refractivity contribution is 5.94. The molecule has 2 rings (SSSR count). The van der Waals surface area contributed by atoms with E-state index in [0.717, 1.165) is 25.1 Å². The predicted octanol–water partition coefficient (Wildman–Crippen LogP) is 2.43. The third-order valence-corrected chi connectivity index (χ3v) is 3.27. The summed E-state index contributed by atoms with van der Waals surface area (Å²) in [7, 11) is 0. The van der Waals surface area contributed by atoms with Gasteiger partial charge in [0, 0.05) is 25.2 Å². The number of nitrogens with zero attached hydrogens (tertiary/aromatic N) is 1. The van der Waals surface area contributed by atoms with E-state index in [1.54, 1.807) is 18.5 Å². The van der Waals surface area contributed by atoms with E-state index in [1.165, 1.54) is 0 Å². The number of anilines is 1. The molecule has 5 nitrogen and oxygen atoms in total. The van der Waals surface area contributed by atoms with E-state index < -0.39 is 0 Å². The number of hydrogen-bond acceptors (Lipinski definition) is 3. The van der Waals surface area contributed by atoms with Crippen LogP contribution in [-0.4, -0.2) is 16.5 Å². The van der Waals surface area contributed by atoms with Crippen LogP contribution in [0.4, 0.5) is 5.69 Å². The highest BCUT2D eigenvalue weighted by Crippen LogP contribution is 2.11. The minimum absolute atomic E-state index is 0.0778. The Kier molecular flexibility index (Phi) is 4.50. The maximum absolute atomic E-state index is 12.2. The van der Waals surface area contributed by atoms with Crippen molar-refractivity contribution < 1.29 is 9.21 Å². The largest absolute Gasteiger partial charge is 0.469 e. The molecule has 108 valence electrons. The van der Waals surface area contributed by atoms with Crippen molar-refractivity contribution in [1.29, 1.82) is 0 Å². The molecule has 0 saturated heterocycles. The van der Waals surface area contributed by atoms with Gasteiger partial charge in [-0.05, 0) is 38.5 Å². The third kappa shape index (κ3) is 3.44. The van der Waals surface area contributed by atoms with Crippen molar-refractivity contribution in [1.82, 2.24) is 9.88 Å². The average molecular weight is 275 g/mol. The molecule has 5 heteroatoms. The van der Waals surface area contributed by atoms with Crippen LogP contribution in [0, 0.1) is 0 Å². The van der Waals surface area contributed by atoms with Crippen LogP contribution in [0.3, 0.4) is 0 Å². The van der Waals surface area contributed by atoms with Gasteiger partial charge >= 0.3 is 0 Å². The summed E-state index contributed by atoms with van der Waals surface area (Å²) in [6.45, 7) is 4.70. The number of aromatic nitrogens is 1. The third-order valence-electron chi connectivity index (χ3n) is 3.27. The molecule has 0 aromatic carbocycles. The van der Waals surface area contributed by atoms with Crippen LogP contribution in [0.1, 0.15) is 36.5 Å². The second-order valence-electron chi connectivity index (χ2n) is 4.94. The zero-order chi connectivity index (χ0) is 14.5. The van der Waals surface area contributed by atoms with Crippen LogP contribution in [-0.2, 0) is 13.0 Å². The molecule has 3 N–H and O–H groups in total. The molecule has 2 heterocycles. The van der Waals surface area contributed by atoms with E-state index in [1.807, 2.05) is 30.5 Å². The monoisotopic (exact) mass is 275 g/mol. The fourth-order valence-electron chi connectivity index (χ4n) is 2.17. The lowest BCUT2D eigenvalue weighted by atomic mass is 10.1. The standard InChI is InChI=1S/C15H21N3O2/c1-3-18-10-12(16)9-14(18)15(19)17-11(2)6-7-13-5-4-8-20-13/h4-5,8-11H,3,6-7,16H2,1-2H3,(H,17,19). The summed E-state index contributed by atoms with van der Waals surface area (Å²) >= 11 is 0. The number of nitrogen functional groups attached to an aromatic ring is 1. The van der Waals surface area contributed by atoms with Gasteiger partial charge in [-0.2, -0.15) is 0 Å². The van der Waals surface area contributed by atoms with Gasteiger partial charge in [0.15, 0.2) is 0 Å². The highest BCUT2D eigenvalue weighted by atomic mass is 16.3. The smallest absolute Gasteiger partial charge is 0.268 e. The number of aryl methyl sites for hydroxylation is 2. The number of amides is 1. The number of nitrogens with two attached hydrogens (primary N) is 1. The molecule has 0 aliphatic heterocycles. The summed E-state index contributed by atoms with van der Waals surface area (Å²) in [6, 6.07) is 5.60. The maximum atomic E-state index is 12.2. The van der Waals surface area contributed by atoms with E-state index in [2.05, 4.69) is 5.32 Å². The average Bonchev–Trinajstić information content (AvgIpc) is 3.05. The van der Waals surface area contributed by atoms with Crippen molar-refractivity contribution in [3.05, 3.63) is 42.1 Å². The maximum Gasteiger partial charge on any atom is 0.268 e. The molecule has 0 bridgehead atoms.